The minimum atomic E-state index is -0.276. The highest BCUT2D eigenvalue weighted by atomic mass is 32.1. The highest BCUT2D eigenvalue weighted by Crippen LogP contribution is 2.41. The van der Waals surface area contributed by atoms with Gasteiger partial charge in [0.05, 0.1) is 11.7 Å². The summed E-state index contributed by atoms with van der Waals surface area (Å²) in [5.41, 5.74) is 1.87. The number of amides is 1. The third-order valence-electron chi connectivity index (χ3n) is 6.69. The van der Waals surface area contributed by atoms with Crippen LogP contribution in [0, 0.1) is 11.3 Å². The van der Waals surface area contributed by atoms with Gasteiger partial charge < -0.3 is 10.1 Å². The van der Waals surface area contributed by atoms with E-state index in [1.54, 1.807) is 35.6 Å². The Balaban J connectivity index is 1.29. The van der Waals surface area contributed by atoms with Crippen molar-refractivity contribution in [1.82, 2.24) is 9.55 Å². The second kappa shape index (κ2) is 9.30. The van der Waals surface area contributed by atoms with Crippen LogP contribution in [0.4, 0.5) is 5.69 Å². The van der Waals surface area contributed by atoms with Crippen LogP contribution in [0.15, 0.2) is 65.7 Å². The van der Waals surface area contributed by atoms with Crippen LogP contribution in [0.1, 0.15) is 37.6 Å². The number of fused-ring (bicyclic) bond motifs is 3. The summed E-state index contributed by atoms with van der Waals surface area (Å²) >= 11 is 1.63. The SMILES string of the molecule is CC(C)(C)C1CCc2c(sc3ncn(CC(=O)Nc4ccc(Oc5ccccc5)cc4)c(=O)c23)C1. The van der Waals surface area contributed by atoms with Crippen molar-refractivity contribution >= 4 is 33.1 Å². The minimum absolute atomic E-state index is 0.0841. The number of carbonyl (C=O) groups is 1. The lowest BCUT2D eigenvalue weighted by Gasteiger charge is -2.33. The molecule has 1 unspecified atom stereocenters. The smallest absolute Gasteiger partial charge is 0.262 e. The normalized spacial score (nSPS) is 15.6. The third kappa shape index (κ3) is 5.00. The number of benzene rings is 2. The molecule has 4 aromatic rings. The number of rotatable bonds is 5. The van der Waals surface area contributed by atoms with Crippen molar-refractivity contribution in [3.8, 4) is 11.5 Å². The van der Waals surface area contributed by atoms with E-state index in [4.69, 9.17) is 4.74 Å². The summed E-state index contributed by atoms with van der Waals surface area (Å²) in [6, 6.07) is 16.7. The van der Waals surface area contributed by atoms with Gasteiger partial charge >= 0.3 is 0 Å². The zero-order valence-corrected chi connectivity index (χ0v) is 21.0. The molecule has 1 aliphatic carbocycles. The Morgan fingerprint density at radius 1 is 1.11 bits per heavy atom. The molecule has 2 aromatic heterocycles. The predicted molar refractivity (Wildman–Crippen MR) is 140 cm³/mol. The number of nitrogens with one attached hydrogen (secondary N) is 1. The monoisotopic (exact) mass is 487 g/mol. The molecule has 0 spiro atoms. The highest BCUT2D eigenvalue weighted by Gasteiger charge is 2.31. The van der Waals surface area contributed by atoms with Gasteiger partial charge in [0.25, 0.3) is 5.56 Å². The maximum absolute atomic E-state index is 13.3. The zero-order chi connectivity index (χ0) is 24.6. The number of aromatic nitrogens is 2. The molecule has 5 rings (SSSR count). The van der Waals surface area contributed by atoms with Gasteiger partial charge in [-0.05, 0) is 72.6 Å². The van der Waals surface area contributed by atoms with Gasteiger partial charge in [0, 0.05) is 10.6 Å². The van der Waals surface area contributed by atoms with Crippen molar-refractivity contribution in [1.29, 1.82) is 0 Å². The van der Waals surface area contributed by atoms with Crippen molar-refractivity contribution in [3.05, 3.63) is 81.7 Å². The summed E-state index contributed by atoms with van der Waals surface area (Å²) in [5.74, 6) is 1.74. The molecule has 180 valence electrons. The number of carbonyl (C=O) groups excluding carboxylic acids is 1. The van der Waals surface area contributed by atoms with E-state index >= 15 is 0 Å². The second-order valence-corrected chi connectivity index (χ2v) is 11.2. The molecule has 6 nitrogen and oxygen atoms in total. The molecule has 0 saturated heterocycles. The first-order valence-corrected chi connectivity index (χ1v) is 12.7. The Hall–Kier alpha value is -3.45. The van der Waals surface area contributed by atoms with Gasteiger partial charge in [0.2, 0.25) is 5.91 Å². The number of aryl methyl sites for hydroxylation is 1. The lowest BCUT2D eigenvalue weighted by Crippen LogP contribution is -2.29. The summed E-state index contributed by atoms with van der Waals surface area (Å²) in [4.78, 5) is 32.6. The van der Waals surface area contributed by atoms with Crippen LogP contribution in [0.2, 0.25) is 0 Å². The van der Waals surface area contributed by atoms with Gasteiger partial charge in [0.15, 0.2) is 0 Å². The minimum Gasteiger partial charge on any atom is -0.457 e. The van der Waals surface area contributed by atoms with E-state index in [0.29, 0.717) is 22.7 Å². The molecule has 1 amide bonds. The molecule has 7 heteroatoms. The zero-order valence-electron chi connectivity index (χ0n) is 20.2. The maximum atomic E-state index is 13.3. The van der Waals surface area contributed by atoms with Crippen molar-refractivity contribution in [2.24, 2.45) is 11.3 Å². The average Bonchev–Trinajstić information content (AvgIpc) is 3.21. The Kier molecular flexibility index (Phi) is 6.19. The van der Waals surface area contributed by atoms with Gasteiger partial charge in [-0.15, -0.1) is 11.3 Å². The summed E-state index contributed by atoms with van der Waals surface area (Å²) in [5, 5.41) is 3.55. The molecule has 0 fully saturated rings. The Bertz CT molecular complexity index is 1420. The van der Waals surface area contributed by atoms with E-state index in [9.17, 15) is 9.59 Å². The molecule has 2 heterocycles. The quantitative estimate of drug-likeness (QED) is 0.372. The number of hydrogen-bond donors (Lipinski definition) is 1. The van der Waals surface area contributed by atoms with Crippen LogP contribution in [-0.2, 0) is 24.2 Å². The Labute approximate surface area is 208 Å². The van der Waals surface area contributed by atoms with Crippen LogP contribution in [0.3, 0.4) is 0 Å². The van der Waals surface area contributed by atoms with Crippen LogP contribution in [0.5, 0.6) is 11.5 Å². The highest BCUT2D eigenvalue weighted by molar-refractivity contribution is 7.18. The molecule has 0 saturated carbocycles. The standard InChI is InChI=1S/C28H29N3O3S/c1-28(2,3)18-9-14-22-23(15-18)35-26-25(22)27(33)31(17-29-26)16-24(32)30-19-10-12-21(13-11-19)34-20-7-5-4-6-8-20/h4-8,10-13,17-18H,9,14-16H2,1-3H3,(H,30,32). The van der Waals surface area contributed by atoms with E-state index in [2.05, 4.69) is 31.1 Å². The molecule has 1 N–H and O–H groups in total. The largest absolute Gasteiger partial charge is 0.457 e. The number of para-hydroxylation sites is 1. The van der Waals surface area contributed by atoms with Crippen LogP contribution >= 0.6 is 11.3 Å². The van der Waals surface area contributed by atoms with Crippen LogP contribution in [-0.4, -0.2) is 15.5 Å². The van der Waals surface area contributed by atoms with E-state index < -0.39 is 0 Å². The molecular formula is C28H29N3O3S. The molecule has 1 atom stereocenters. The first-order chi connectivity index (χ1) is 16.8. The lowest BCUT2D eigenvalue weighted by molar-refractivity contribution is -0.116. The Morgan fingerprint density at radius 2 is 1.83 bits per heavy atom. The molecule has 35 heavy (non-hydrogen) atoms. The fourth-order valence-electron chi connectivity index (χ4n) is 4.64. The number of anilines is 1. The maximum Gasteiger partial charge on any atom is 0.262 e. The molecule has 2 aromatic carbocycles. The molecule has 1 aliphatic rings. The fraction of sp³-hybridized carbons (Fsp3) is 0.321. The van der Waals surface area contributed by atoms with Crippen molar-refractivity contribution in [2.45, 2.75) is 46.6 Å². The summed E-state index contributed by atoms with van der Waals surface area (Å²) in [7, 11) is 0. The lowest BCUT2D eigenvalue weighted by atomic mass is 9.72. The number of thiophene rings is 1. The first-order valence-electron chi connectivity index (χ1n) is 11.9. The van der Waals surface area contributed by atoms with E-state index in [1.165, 1.54) is 15.8 Å². The third-order valence-corrected chi connectivity index (χ3v) is 7.85. The molecular weight excluding hydrogens is 458 g/mol. The fourth-order valence-corrected chi connectivity index (χ4v) is 5.90. The van der Waals surface area contributed by atoms with E-state index in [-0.39, 0.29) is 23.4 Å². The predicted octanol–water partition coefficient (Wildman–Crippen LogP) is 6.04. The average molecular weight is 488 g/mol. The number of hydrogen-bond acceptors (Lipinski definition) is 5. The van der Waals surface area contributed by atoms with Crippen molar-refractivity contribution in [2.75, 3.05) is 5.32 Å². The molecule has 0 aliphatic heterocycles. The summed E-state index contributed by atoms with van der Waals surface area (Å²) in [6.45, 7) is 6.76. The number of nitrogens with zero attached hydrogens (tertiary/aromatic N) is 2. The first kappa shape index (κ1) is 23.3. The molecule has 0 bridgehead atoms. The van der Waals surface area contributed by atoms with Crippen molar-refractivity contribution in [3.63, 3.8) is 0 Å². The topological polar surface area (TPSA) is 73.2 Å². The van der Waals surface area contributed by atoms with Gasteiger partial charge in [-0.25, -0.2) is 4.98 Å². The number of ether oxygens (including phenoxy) is 1. The summed E-state index contributed by atoms with van der Waals surface area (Å²) < 4.78 is 7.20. The van der Waals surface area contributed by atoms with Crippen LogP contribution < -0.4 is 15.6 Å². The second-order valence-electron chi connectivity index (χ2n) is 10.2. The van der Waals surface area contributed by atoms with Gasteiger partial charge in [-0.2, -0.15) is 0 Å². The van der Waals surface area contributed by atoms with Crippen molar-refractivity contribution < 1.29 is 9.53 Å². The Morgan fingerprint density at radius 3 is 2.54 bits per heavy atom. The van der Waals surface area contributed by atoms with Gasteiger partial charge in [0.1, 0.15) is 22.9 Å². The van der Waals surface area contributed by atoms with Crippen LogP contribution in [0.25, 0.3) is 10.2 Å². The summed E-state index contributed by atoms with van der Waals surface area (Å²) in [6.07, 6.45) is 4.44. The van der Waals surface area contributed by atoms with E-state index in [0.717, 1.165) is 35.4 Å². The van der Waals surface area contributed by atoms with E-state index in [1.807, 2.05) is 30.3 Å². The molecule has 0 radical (unpaired) electrons. The van der Waals surface area contributed by atoms with Gasteiger partial charge in [-0.1, -0.05) is 39.0 Å². The van der Waals surface area contributed by atoms with Gasteiger partial charge in [-0.3, -0.25) is 14.2 Å².